The molecule has 0 radical (unpaired) electrons. The number of carboxylic acid groups (broad SMARTS) is 1. The van der Waals surface area contributed by atoms with E-state index in [1.807, 2.05) is 0 Å². The maximum absolute atomic E-state index is 13.1. The van der Waals surface area contributed by atoms with E-state index in [4.69, 9.17) is 9.84 Å². The van der Waals surface area contributed by atoms with E-state index in [9.17, 15) is 18.4 Å². The Bertz CT molecular complexity index is 535. The van der Waals surface area contributed by atoms with Gasteiger partial charge in [0, 0.05) is 12.6 Å². The zero-order valence-electron chi connectivity index (χ0n) is 12.7. The Hall–Kier alpha value is -2.18. The van der Waals surface area contributed by atoms with Gasteiger partial charge >= 0.3 is 12.1 Å². The number of hydrogen-bond acceptors (Lipinski definition) is 3. The maximum Gasteiger partial charge on any atom is 0.407 e. The first kappa shape index (κ1) is 17.9. The second-order valence-corrected chi connectivity index (χ2v) is 5.90. The highest BCUT2D eigenvalue weighted by Crippen LogP contribution is 2.13. The first-order chi connectivity index (χ1) is 10.1. The molecule has 1 aromatic carbocycles. The molecule has 0 fully saturated rings. The van der Waals surface area contributed by atoms with Crippen LogP contribution in [0.15, 0.2) is 18.2 Å². The molecular formula is C15H19F2NO4. The van der Waals surface area contributed by atoms with Crippen molar-refractivity contribution < 1.29 is 28.2 Å². The summed E-state index contributed by atoms with van der Waals surface area (Å²) in [6, 6.07) is 2.83. The Labute approximate surface area is 127 Å². The van der Waals surface area contributed by atoms with Crippen molar-refractivity contribution in [3.8, 4) is 0 Å². The van der Waals surface area contributed by atoms with Crippen molar-refractivity contribution >= 4 is 12.1 Å². The lowest BCUT2D eigenvalue weighted by atomic mass is 9.99. The monoisotopic (exact) mass is 315 g/mol. The molecule has 0 aliphatic rings. The van der Waals surface area contributed by atoms with Crippen LogP contribution in [-0.2, 0) is 16.0 Å². The standard InChI is InChI=1S/C15H19F2NO4/c1-15(2,3)22-14(21)18-8-10(13(19)20)4-9-5-11(16)7-12(17)6-9/h5-7,10H,4,8H2,1-3H3,(H,18,21)(H,19,20)/t10-/m1/s1. The van der Waals surface area contributed by atoms with Crippen LogP contribution in [0.1, 0.15) is 26.3 Å². The lowest BCUT2D eigenvalue weighted by Crippen LogP contribution is -2.37. The number of benzene rings is 1. The fraction of sp³-hybridized carbons (Fsp3) is 0.467. The van der Waals surface area contributed by atoms with Gasteiger partial charge in [-0.25, -0.2) is 13.6 Å². The number of amides is 1. The van der Waals surface area contributed by atoms with Crippen LogP contribution in [0.5, 0.6) is 0 Å². The molecule has 0 saturated heterocycles. The Morgan fingerprint density at radius 2 is 1.77 bits per heavy atom. The lowest BCUT2D eigenvalue weighted by molar-refractivity contribution is -0.141. The third kappa shape index (κ3) is 6.51. The maximum atomic E-state index is 13.1. The molecule has 1 amide bonds. The Morgan fingerprint density at radius 1 is 1.23 bits per heavy atom. The summed E-state index contributed by atoms with van der Waals surface area (Å²) < 4.78 is 31.2. The van der Waals surface area contributed by atoms with Gasteiger partial charge in [0.15, 0.2) is 0 Å². The molecule has 0 saturated carbocycles. The Morgan fingerprint density at radius 3 is 2.23 bits per heavy atom. The first-order valence-electron chi connectivity index (χ1n) is 6.71. The van der Waals surface area contributed by atoms with Crippen molar-refractivity contribution in [3.63, 3.8) is 0 Å². The number of carbonyl (C=O) groups is 2. The molecule has 1 atom stereocenters. The van der Waals surface area contributed by atoms with E-state index in [0.29, 0.717) is 6.07 Å². The molecule has 7 heteroatoms. The molecule has 1 rings (SSSR count). The minimum Gasteiger partial charge on any atom is -0.481 e. The predicted molar refractivity (Wildman–Crippen MR) is 75.4 cm³/mol. The van der Waals surface area contributed by atoms with Crippen LogP contribution >= 0.6 is 0 Å². The summed E-state index contributed by atoms with van der Waals surface area (Å²) in [5, 5.41) is 11.5. The fourth-order valence-corrected chi connectivity index (χ4v) is 1.78. The van der Waals surface area contributed by atoms with Crippen LogP contribution in [0, 0.1) is 17.6 Å². The van der Waals surface area contributed by atoms with Gasteiger partial charge in [-0.3, -0.25) is 4.79 Å². The van der Waals surface area contributed by atoms with Gasteiger partial charge in [0.1, 0.15) is 17.2 Å². The molecule has 0 aliphatic heterocycles. The number of alkyl carbamates (subject to hydrolysis) is 1. The largest absolute Gasteiger partial charge is 0.481 e. The van der Waals surface area contributed by atoms with Crippen molar-refractivity contribution in [2.75, 3.05) is 6.54 Å². The molecule has 0 aliphatic carbocycles. The van der Waals surface area contributed by atoms with E-state index in [-0.39, 0.29) is 18.5 Å². The highest BCUT2D eigenvalue weighted by Gasteiger charge is 2.22. The summed E-state index contributed by atoms with van der Waals surface area (Å²) in [6.07, 6.45) is -0.857. The fourth-order valence-electron chi connectivity index (χ4n) is 1.78. The van der Waals surface area contributed by atoms with Crippen LogP contribution in [-0.4, -0.2) is 29.3 Å². The van der Waals surface area contributed by atoms with E-state index in [1.54, 1.807) is 20.8 Å². The van der Waals surface area contributed by atoms with E-state index < -0.39 is 35.2 Å². The molecule has 0 aromatic heterocycles. The number of carboxylic acids is 1. The number of aliphatic carboxylic acids is 1. The molecular weight excluding hydrogens is 296 g/mol. The summed E-state index contributed by atoms with van der Waals surface area (Å²) in [4.78, 5) is 22.7. The topological polar surface area (TPSA) is 75.6 Å². The Kier molecular flexibility index (Phi) is 5.84. The van der Waals surface area contributed by atoms with Crippen LogP contribution in [0.3, 0.4) is 0 Å². The third-order valence-corrected chi connectivity index (χ3v) is 2.65. The van der Waals surface area contributed by atoms with E-state index in [1.165, 1.54) is 0 Å². The van der Waals surface area contributed by atoms with Gasteiger partial charge in [0.05, 0.1) is 5.92 Å². The van der Waals surface area contributed by atoms with E-state index >= 15 is 0 Å². The van der Waals surface area contributed by atoms with Gasteiger partial charge in [0.2, 0.25) is 0 Å². The highest BCUT2D eigenvalue weighted by atomic mass is 19.1. The van der Waals surface area contributed by atoms with Gasteiger partial charge in [0.25, 0.3) is 0 Å². The number of ether oxygens (including phenoxy) is 1. The van der Waals surface area contributed by atoms with Crippen LogP contribution in [0.25, 0.3) is 0 Å². The van der Waals surface area contributed by atoms with Gasteiger partial charge in [-0.05, 0) is 44.9 Å². The van der Waals surface area contributed by atoms with Gasteiger partial charge in [-0.1, -0.05) is 0 Å². The first-order valence-corrected chi connectivity index (χ1v) is 6.71. The number of rotatable bonds is 5. The smallest absolute Gasteiger partial charge is 0.407 e. The normalized spacial score (nSPS) is 12.6. The highest BCUT2D eigenvalue weighted by molar-refractivity contribution is 5.73. The summed E-state index contributed by atoms with van der Waals surface area (Å²) in [5.74, 6) is -3.76. The minimum atomic E-state index is -1.18. The molecule has 2 N–H and O–H groups in total. The van der Waals surface area contributed by atoms with Gasteiger partial charge in [-0.15, -0.1) is 0 Å². The Balaban J connectivity index is 2.66. The molecule has 5 nitrogen and oxygen atoms in total. The lowest BCUT2D eigenvalue weighted by Gasteiger charge is -2.21. The molecule has 0 bridgehead atoms. The second kappa shape index (κ2) is 7.20. The van der Waals surface area contributed by atoms with Crippen molar-refractivity contribution in [1.29, 1.82) is 0 Å². The molecule has 0 unspecified atom stereocenters. The van der Waals surface area contributed by atoms with Gasteiger partial charge in [-0.2, -0.15) is 0 Å². The molecule has 22 heavy (non-hydrogen) atoms. The van der Waals surface area contributed by atoms with Crippen molar-refractivity contribution in [2.24, 2.45) is 5.92 Å². The van der Waals surface area contributed by atoms with Crippen LogP contribution in [0.2, 0.25) is 0 Å². The predicted octanol–water partition coefficient (Wildman–Crippen LogP) is 2.73. The quantitative estimate of drug-likeness (QED) is 0.876. The molecule has 122 valence electrons. The van der Waals surface area contributed by atoms with Crippen LogP contribution in [0.4, 0.5) is 13.6 Å². The molecule has 0 spiro atoms. The third-order valence-electron chi connectivity index (χ3n) is 2.65. The number of nitrogens with one attached hydrogen (secondary N) is 1. The van der Waals surface area contributed by atoms with Crippen molar-refractivity contribution in [3.05, 3.63) is 35.4 Å². The SMILES string of the molecule is CC(C)(C)OC(=O)NC[C@@H](Cc1cc(F)cc(F)c1)C(=O)O. The molecule has 0 heterocycles. The van der Waals surface area contributed by atoms with Crippen LogP contribution < -0.4 is 5.32 Å². The average Bonchev–Trinajstić information content (AvgIpc) is 2.30. The van der Waals surface area contributed by atoms with E-state index in [2.05, 4.69) is 5.32 Å². The zero-order valence-corrected chi connectivity index (χ0v) is 12.7. The molecule has 1 aromatic rings. The van der Waals surface area contributed by atoms with Gasteiger partial charge < -0.3 is 15.2 Å². The summed E-state index contributed by atoms with van der Waals surface area (Å²) in [7, 11) is 0. The minimum absolute atomic E-state index is 0.111. The van der Waals surface area contributed by atoms with Crippen molar-refractivity contribution in [1.82, 2.24) is 5.32 Å². The van der Waals surface area contributed by atoms with Crippen molar-refractivity contribution in [2.45, 2.75) is 32.8 Å². The number of carbonyl (C=O) groups excluding carboxylic acids is 1. The second-order valence-electron chi connectivity index (χ2n) is 5.90. The number of halogens is 2. The average molecular weight is 315 g/mol. The summed E-state index contributed by atoms with van der Waals surface area (Å²) in [6.45, 7) is 4.83. The summed E-state index contributed by atoms with van der Waals surface area (Å²) in [5.41, 5.74) is -0.495. The number of hydrogen-bond donors (Lipinski definition) is 2. The zero-order chi connectivity index (χ0) is 16.9. The van der Waals surface area contributed by atoms with E-state index in [0.717, 1.165) is 12.1 Å². The summed E-state index contributed by atoms with van der Waals surface area (Å²) >= 11 is 0.